The van der Waals surface area contributed by atoms with Gasteiger partial charge in [0.1, 0.15) is 17.4 Å². The number of nitrogens with zero attached hydrogens (tertiary/aromatic N) is 4. The number of morpholine rings is 1. The number of fused-ring (bicyclic) bond motifs is 1. The number of amides is 1. The predicted molar refractivity (Wildman–Crippen MR) is 87.7 cm³/mol. The van der Waals surface area contributed by atoms with Crippen LogP contribution in [0.1, 0.15) is 20.8 Å². The van der Waals surface area contributed by atoms with Crippen LogP contribution in [0.5, 0.6) is 0 Å². The summed E-state index contributed by atoms with van der Waals surface area (Å²) >= 11 is 0. The Morgan fingerprint density at radius 3 is 3.08 bits per heavy atom. The lowest BCUT2D eigenvalue weighted by molar-refractivity contribution is -0.0371. The summed E-state index contributed by atoms with van der Waals surface area (Å²) in [7, 11) is 0. The number of imidazole rings is 1. The van der Waals surface area contributed by atoms with Gasteiger partial charge < -0.3 is 24.7 Å². The Hall–Kier alpha value is -2.42. The molecule has 0 radical (unpaired) electrons. The van der Waals surface area contributed by atoms with Gasteiger partial charge in [-0.2, -0.15) is 0 Å². The van der Waals surface area contributed by atoms with E-state index in [1.165, 1.54) is 6.33 Å². The van der Waals surface area contributed by atoms with E-state index >= 15 is 0 Å². The van der Waals surface area contributed by atoms with Gasteiger partial charge in [0, 0.05) is 13.1 Å². The summed E-state index contributed by atoms with van der Waals surface area (Å²) in [5.41, 5.74) is 0.848. The van der Waals surface area contributed by atoms with Crippen molar-refractivity contribution in [2.24, 2.45) is 0 Å². The van der Waals surface area contributed by atoms with Gasteiger partial charge in [0.15, 0.2) is 11.5 Å². The molecule has 3 heterocycles. The Morgan fingerprint density at radius 1 is 1.46 bits per heavy atom. The Bertz CT molecular complexity index is 711. The molecule has 2 N–H and O–H groups in total. The van der Waals surface area contributed by atoms with E-state index in [9.17, 15) is 4.79 Å². The highest BCUT2D eigenvalue weighted by molar-refractivity contribution is 5.81. The maximum Gasteiger partial charge on any atom is 0.410 e. The molecule has 1 amide bonds. The standard InChI is InChI=1S/C15H22N6O3/c1-15(2,3)24-14(22)21-4-5-23-10(7-21)6-16-12-11-13(18-8-17-11)20-9-19-12/h8-10H,4-7H2,1-3H3,(H2,16,17,18,19,20). The molecule has 2 aromatic rings. The molecule has 1 unspecified atom stereocenters. The van der Waals surface area contributed by atoms with E-state index in [0.717, 1.165) is 5.52 Å². The van der Waals surface area contributed by atoms with Gasteiger partial charge in [-0.3, -0.25) is 0 Å². The highest BCUT2D eigenvalue weighted by Crippen LogP contribution is 2.16. The minimum atomic E-state index is -0.504. The van der Waals surface area contributed by atoms with E-state index in [1.54, 1.807) is 11.2 Å². The van der Waals surface area contributed by atoms with Crippen LogP contribution in [0.2, 0.25) is 0 Å². The van der Waals surface area contributed by atoms with Gasteiger partial charge in [-0.15, -0.1) is 0 Å². The van der Waals surface area contributed by atoms with E-state index in [-0.39, 0.29) is 12.2 Å². The first-order valence-electron chi connectivity index (χ1n) is 7.90. The minimum absolute atomic E-state index is 0.140. The summed E-state index contributed by atoms with van der Waals surface area (Å²) in [5.74, 6) is 0.662. The van der Waals surface area contributed by atoms with Crippen molar-refractivity contribution in [3.05, 3.63) is 12.7 Å². The summed E-state index contributed by atoms with van der Waals surface area (Å²) in [6.45, 7) is 7.57. The van der Waals surface area contributed by atoms with Crippen molar-refractivity contribution in [1.29, 1.82) is 0 Å². The van der Waals surface area contributed by atoms with Gasteiger partial charge in [-0.25, -0.2) is 19.7 Å². The van der Waals surface area contributed by atoms with Crippen molar-refractivity contribution in [2.45, 2.75) is 32.5 Å². The first-order valence-corrected chi connectivity index (χ1v) is 7.90. The van der Waals surface area contributed by atoms with Crippen molar-refractivity contribution in [1.82, 2.24) is 24.8 Å². The molecular weight excluding hydrogens is 312 g/mol. The van der Waals surface area contributed by atoms with Crippen molar-refractivity contribution in [3.63, 3.8) is 0 Å². The lowest BCUT2D eigenvalue weighted by atomic mass is 10.2. The highest BCUT2D eigenvalue weighted by atomic mass is 16.6. The minimum Gasteiger partial charge on any atom is -0.444 e. The van der Waals surface area contributed by atoms with Crippen LogP contribution < -0.4 is 5.32 Å². The zero-order valence-electron chi connectivity index (χ0n) is 14.1. The summed E-state index contributed by atoms with van der Waals surface area (Å²) in [5, 5.41) is 3.23. The molecule has 0 bridgehead atoms. The summed E-state index contributed by atoms with van der Waals surface area (Å²) in [6.07, 6.45) is 2.58. The summed E-state index contributed by atoms with van der Waals surface area (Å²) in [6, 6.07) is 0. The summed E-state index contributed by atoms with van der Waals surface area (Å²) < 4.78 is 11.1. The first-order chi connectivity index (χ1) is 11.4. The molecule has 0 aromatic carbocycles. The van der Waals surface area contributed by atoms with E-state index in [0.29, 0.717) is 37.7 Å². The van der Waals surface area contributed by atoms with Crippen LogP contribution in [0.4, 0.5) is 10.6 Å². The molecule has 3 rings (SSSR count). The molecule has 2 aromatic heterocycles. The Labute approximate surface area is 139 Å². The molecule has 0 saturated carbocycles. The fraction of sp³-hybridized carbons (Fsp3) is 0.600. The zero-order chi connectivity index (χ0) is 17.2. The first kappa shape index (κ1) is 16.4. The van der Waals surface area contributed by atoms with E-state index in [4.69, 9.17) is 9.47 Å². The number of hydrogen-bond acceptors (Lipinski definition) is 7. The number of H-pyrrole nitrogens is 1. The number of anilines is 1. The molecule has 1 saturated heterocycles. The van der Waals surface area contributed by atoms with Crippen LogP contribution >= 0.6 is 0 Å². The Morgan fingerprint density at radius 2 is 2.29 bits per heavy atom. The largest absolute Gasteiger partial charge is 0.444 e. The second kappa shape index (κ2) is 6.60. The number of nitrogens with one attached hydrogen (secondary N) is 2. The third-order valence-electron chi connectivity index (χ3n) is 3.51. The monoisotopic (exact) mass is 334 g/mol. The fourth-order valence-corrected chi connectivity index (χ4v) is 2.44. The van der Waals surface area contributed by atoms with E-state index in [2.05, 4.69) is 25.3 Å². The van der Waals surface area contributed by atoms with Crippen LogP contribution in [-0.4, -0.2) is 68.9 Å². The second-order valence-electron chi connectivity index (χ2n) is 6.62. The van der Waals surface area contributed by atoms with Crippen LogP contribution in [-0.2, 0) is 9.47 Å². The van der Waals surface area contributed by atoms with Gasteiger partial charge in [0.2, 0.25) is 0 Å². The van der Waals surface area contributed by atoms with E-state index in [1.807, 2.05) is 20.8 Å². The topological polar surface area (TPSA) is 105 Å². The normalized spacial score (nSPS) is 18.6. The third-order valence-corrected chi connectivity index (χ3v) is 3.51. The fourth-order valence-electron chi connectivity index (χ4n) is 2.44. The Kier molecular flexibility index (Phi) is 4.52. The molecule has 0 aliphatic carbocycles. The van der Waals surface area contributed by atoms with Crippen molar-refractivity contribution >= 4 is 23.1 Å². The van der Waals surface area contributed by atoms with Gasteiger partial charge in [-0.05, 0) is 20.8 Å². The van der Waals surface area contributed by atoms with E-state index < -0.39 is 5.60 Å². The smallest absolute Gasteiger partial charge is 0.410 e. The van der Waals surface area contributed by atoms with Crippen molar-refractivity contribution < 1.29 is 14.3 Å². The van der Waals surface area contributed by atoms with Gasteiger partial charge >= 0.3 is 6.09 Å². The highest BCUT2D eigenvalue weighted by Gasteiger charge is 2.28. The third kappa shape index (κ3) is 3.91. The van der Waals surface area contributed by atoms with Gasteiger partial charge in [0.25, 0.3) is 0 Å². The van der Waals surface area contributed by atoms with Crippen LogP contribution in [0, 0.1) is 0 Å². The molecule has 9 nitrogen and oxygen atoms in total. The molecule has 1 aliphatic heterocycles. The van der Waals surface area contributed by atoms with Gasteiger partial charge in [-0.1, -0.05) is 0 Å². The molecule has 9 heteroatoms. The quantitative estimate of drug-likeness (QED) is 0.874. The number of rotatable bonds is 3. The van der Waals surface area contributed by atoms with Gasteiger partial charge in [0.05, 0.1) is 25.6 Å². The Balaban J connectivity index is 1.58. The summed E-state index contributed by atoms with van der Waals surface area (Å²) in [4.78, 5) is 29.2. The molecule has 0 spiro atoms. The number of aromatic amines is 1. The maximum absolute atomic E-state index is 12.2. The average Bonchev–Trinajstić information content (AvgIpc) is 3.00. The zero-order valence-corrected chi connectivity index (χ0v) is 14.1. The number of carbonyl (C=O) groups is 1. The average molecular weight is 334 g/mol. The number of hydrogen-bond donors (Lipinski definition) is 2. The van der Waals surface area contributed by atoms with Crippen LogP contribution in [0.3, 0.4) is 0 Å². The maximum atomic E-state index is 12.2. The molecular formula is C15H22N6O3. The number of carbonyl (C=O) groups excluding carboxylic acids is 1. The SMILES string of the molecule is CC(C)(C)OC(=O)N1CCOC(CNc2ncnc3nc[nH]c23)C1. The molecule has 24 heavy (non-hydrogen) atoms. The number of ether oxygens (including phenoxy) is 2. The number of aromatic nitrogens is 4. The van der Waals surface area contributed by atoms with Crippen LogP contribution in [0.15, 0.2) is 12.7 Å². The molecule has 130 valence electrons. The second-order valence-corrected chi connectivity index (χ2v) is 6.62. The van der Waals surface area contributed by atoms with Crippen molar-refractivity contribution in [3.8, 4) is 0 Å². The molecule has 1 aliphatic rings. The molecule has 1 atom stereocenters. The predicted octanol–water partition coefficient (Wildman–Crippen LogP) is 1.40. The van der Waals surface area contributed by atoms with Crippen molar-refractivity contribution in [2.75, 3.05) is 31.6 Å². The molecule has 1 fully saturated rings. The lowest BCUT2D eigenvalue weighted by Gasteiger charge is -2.34. The lowest BCUT2D eigenvalue weighted by Crippen LogP contribution is -2.49. The van der Waals surface area contributed by atoms with Crippen LogP contribution in [0.25, 0.3) is 11.2 Å².